The van der Waals surface area contributed by atoms with Crippen molar-refractivity contribution >= 4 is 27.7 Å². The lowest BCUT2D eigenvalue weighted by Crippen LogP contribution is -2.40. The maximum absolute atomic E-state index is 13.0. The van der Waals surface area contributed by atoms with Gasteiger partial charge < -0.3 is 9.47 Å². The number of ketones is 1. The van der Waals surface area contributed by atoms with E-state index < -0.39 is 27.9 Å². The van der Waals surface area contributed by atoms with Crippen molar-refractivity contribution in [1.82, 2.24) is 4.31 Å². The Morgan fingerprint density at radius 2 is 1.51 bits per heavy atom. The molecule has 1 fully saturated rings. The summed E-state index contributed by atoms with van der Waals surface area (Å²) in [7, 11) is -3.77. The summed E-state index contributed by atoms with van der Waals surface area (Å²) in [6.07, 6.45) is 0.603. The van der Waals surface area contributed by atoms with Gasteiger partial charge in [-0.3, -0.25) is 9.59 Å². The minimum Gasteiger partial charge on any atom is -0.462 e. The SMILES string of the molecule is CCOC(=O)c1ccc(S(=O)(=O)N2CCC(C(=O)OCC(=O)c3cc(C)c(C)cc3C)CC2)cc1. The van der Waals surface area contributed by atoms with Crippen LogP contribution in [0.2, 0.25) is 0 Å². The Bertz CT molecular complexity index is 1210. The first-order chi connectivity index (χ1) is 16.5. The van der Waals surface area contributed by atoms with Gasteiger partial charge in [-0.25, -0.2) is 13.2 Å². The monoisotopic (exact) mass is 501 g/mol. The maximum Gasteiger partial charge on any atom is 0.338 e. The van der Waals surface area contributed by atoms with Gasteiger partial charge in [0.2, 0.25) is 15.8 Å². The molecule has 0 N–H and O–H groups in total. The van der Waals surface area contributed by atoms with Gasteiger partial charge in [0.1, 0.15) is 0 Å². The quantitative estimate of drug-likeness (QED) is 0.402. The van der Waals surface area contributed by atoms with Crippen LogP contribution in [0.4, 0.5) is 0 Å². The molecule has 0 bridgehead atoms. The van der Waals surface area contributed by atoms with E-state index in [4.69, 9.17) is 9.47 Å². The minimum absolute atomic E-state index is 0.0703. The van der Waals surface area contributed by atoms with Crippen molar-refractivity contribution in [3.05, 3.63) is 64.2 Å². The third kappa shape index (κ3) is 6.15. The summed E-state index contributed by atoms with van der Waals surface area (Å²) >= 11 is 0. The lowest BCUT2D eigenvalue weighted by Gasteiger charge is -2.30. The van der Waals surface area contributed by atoms with Crippen LogP contribution in [0.1, 0.15) is 57.2 Å². The first kappa shape index (κ1) is 26.6. The number of rotatable bonds is 8. The van der Waals surface area contributed by atoms with Crippen molar-refractivity contribution in [2.75, 3.05) is 26.3 Å². The van der Waals surface area contributed by atoms with Crippen LogP contribution in [0, 0.1) is 26.7 Å². The van der Waals surface area contributed by atoms with Crippen LogP contribution in [0.5, 0.6) is 0 Å². The van der Waals surface area contributed by atoms with Crippen LogP contribution in [0.15, 0.2) is 41.3 Å². The molecule has 0 atom stereocenters. The van der Waals surface area contributed by atoms with E-state index in [2.05, 4.69) is 0 Å². The van der Waals surface area contributed by atoms with Crippen LogP contribution < -0.4 is 0 Å². The number of hydrogen-bond acceptors (Lipinski definition) is 7. The number of carbonyl (C=O) groups is 3. The summed E-state index contributed by atoms with van der Waals surface area (Å²) in [6.45, 7) is 7.65. The van der Waals surface area contributed by atoms with Crippen molar-refractivity contribution < 1.29 is 32.3 Å². The second-order valence-corrected chi connectivity index (χ2v) is 10.6. The number of aryl methyl sites for hydroxylation is 3. The summed E-state index contributed by atoms with van der Waals surface area (Å²) in [4.78, 5) is 37.0. The van der Waals surface area contributed by atoms with Crippen LogP contribution in [0.3, 0.4) is 0 Å². The lowest BCUT2D eigenvalue weighted by atomic mass is 9.97. The molecular weight excluding hydrogens is 470 g/mol. The van der Waals surface area contributed by atoms with Crippen molar-refractivity contribution in [3.63, 3.8) is 0 Å². The van der Waals surface area contributed by atoms with Gasteiger partial charge in [-0.2, -0.15) is 4.31 Å². The molecule has 2 aromatic carbocycles. The molecule has 1 heterocycles. The summed E-state index contributed by atoms with van der Waals surface area (Å²) in [5, 5.41) is 0. The molecule has 1 aliphatic heterocycles. The fourth-order valence-corrected chi connectivity index (χ4v) is 5.52. The molecule has 0 aliphatic carbocycles. The Kier molecular flexibility index (Phi) is 8.45. The largest absolute Gasteiger partial charge is 0.462 e. The molecule has 3 rings (SSSR count). The molecule has 188 valence electrons. The molecule has 9 heteroatoms. The Hall–Kier alpha value is -3.04. The predicted molar refractivity (Wildman–Crippen MR) is 130 cm³/mol. The Labute approximate surface area is 206 Å². The van der Waals surface area contributed by atoms with Gasteiger partial charge in [-0.1, -0.05) is 6.07 Å². The molecule has 8 nitrogen and oxygen atoms in total. The average molecular weight is 502 g/mol. The number of ether oxygens (including phenoxy) is 2. The van der Waals surface area contributed by atoms with E-state index in [0.29, 0.717) is 18.4 Å². The molecule has 0 aromatic heterocycles. The van der Waals surface area contributed by atoms with E-state index in [0.717, 1.165) is 16.7 Å². The molecule has 1 aliphatic rings. The summed E-state index contributed by atoms with van der Waals surface area (Å²) in [5.74, 6) is -1.73. The molecule has 35 heavy (non-hydrogen) atoms. The zero-order valence-corrected chi connectivity index (χ0v) is 21.3. The number of piperidine rings is 1. The average Bonchev–Trinajstić information content (AvgIpc) is 2.84. The fraction of sp³-hybridized carbons (Fsp3) is 0.423. The molecule has 0 spiro atoms. The molecule has 1 saturated heterocycles. The molecule has 0 amide bonds. The van der Waals surface area contributed by atoms with E-state index in [1.54, 1.807) is 6.92 Å². The van der Waals surface area contributed by atoms with Crippen molar-refractivity contribution in [2.24, 2.45) is 5.92 Å². The summed E-state index contributed by atoms with van der Waals surface area (Å²) < 4.78 is 37.5. The second kappa shape index (κ2) is 11.1. The smallest absolute Gasteiger partial charge is 0.338 e. The van der Waals surface area contributed by atoms with Gasteiger partial charge in [0.25, 0.3) is 0 Å². The maximum atomic E-state index is 13.0. The highest BCUT2D eigenvalue weighted by Crippen LogP contribution is 2.25. The van der Waals surface area contributed by atoms with E-state index in [-0.39, 0.29) is 42.5 Å². The summed E-state index contributed by atoms with van der Waals surface area (Å²) in [5.41, 5.74) is 3.73. The Morgan fingerprint density at radius 3 is 2.11 bits per heavy atom. The normalized spacial score (nSPS) is 15.0. The Balaban J connectivity index is 1.55. The zero-order valence-electron chi connectivity index (χ0n) is 20.5. The van der Waals surface area contributed by atoms with Crippen LogP contribution in [-0.2, 0) is 24.3 Å². The lowest BCUT2D eigenvalue weighted by molar-refractivity contribution is -0.148. The highest BCUT2D eigenvalue weighted by molar-refractivity contribution is 7.89. The molecule has 0 unspecified atom stereocenters. The number of carbonyl (C=O) groups excluding carboxylic acids is 3. The highest BCUT2D eigenvalue weighted by atomic mass is 32.2. The van der Waals surface area contributed by atoms with Gasteiger partial charge in [-0.15, -0.1) is 0 Å². The summed E-state index contributed by atoms with van der Waals surface area (Å²) in [6, 6.07) is 9.34. The fourth-order valence-electron chi connectivity index (χ4n) is 4.05. The third-order valence-corrected chi connectivity index (χ3v) is 8.19. The van der Waals surface area contributed by atoms with Gasteiger partial charge >= 0.3 is 11.9 Å². The van der Waals surface area contributed by atoms with Crippen LogP contribution in [0.25, 0.3) is 0 Å². The van der Waals surface area contributed by atoms with Crippen LogP contribution in [-0.4, -0.2) is 56.7 Å². The number of hydrogen-bond donors (Lipinski definition) is 0. The molecule has 2 aromatic rings. The van der Waals surface area contributed by atoms with Gasteiger partial charge in [0.15, 0.2) is 6.61 Å². The van der Waals surface area contributed by atoms with Crippen molar-refractivity contribution in [2.45, 2.75) is 45.4 Å². The minimum atomic E-state index is -3.77. The third-order valence-electron chi connectivity index (χ3n) is 6.28. The van der Waals surface area contributed by atoms with E-state index >= 15 is 0 Å². The first-order valence-electron chi connectivity index (χ1n) is 11.6. The number of benzene rings is 2. The van der Waals surface area contributed by atoms with Crippen LogP contribution >= 0.6 is 0 Å². The topological polar surface area (TPSA) is 107 Å². The van der Waals surface area contributed by atoms with Gasteiger partial charge in [0.05, 0.1) is 23.0 Å². The van der Waals surface area contributed by atoms with Gasteiger partial charge in [-0.05, 0) is 87.6 Å². The van der Waals surface area contributed by atoms with E-state index in [9.17, 15) is 22.8 Å². The molecule has 0 saturated carbocycles. The predicted octanol–water partition coefficient (Wildman–Crippen LogP) is 3.62. The van der Waals surface area contributed by atoms with Crippen molar-refractivity contribution in [3.8, 4) is 0 Å². The van der Waals surface area contributed by atoms with Crippen molar-refractivity contribution in [1.29, 1.82) is 0 Å². The van der Waals surface area contributed by atoms with Gasteiger partial charge in [0, 0.05) is 18.7 Å². The highest BCUT2D eigenvalue weighted by Gasteiger charge is 2.33. The second-order valence-electron chi connectivity index (χ2n) is 8.71. The number of sulfonamides is 1. The number of nitrogens with zero attached hydrogens (tertiary/aromatic N) is 1. The van der Waals surface area contributed by atoms with E-state index in [1.165, 1.54) is 28.6 Å². The standard InChI is InChI=1S/C26H31NO7S/c1-5-33-25(29)20-6-8-22(9-7-20)35(31,32)27-12-10-21(11-13-27)26(30)34-16-24(28)23-15-18(3)17(2)14-19(23)4/h6-9,14-15,21H,5,10-13,16H2,1-4H3. The molecule has 0 radical (unpaired) electrons. The zero-order chi connectivity index (χ0) is 25.8. The number of esters is 2. The van der Waals surface area contributed by atoms with E-state index in [1.807, 2.05) is 32.9 Å². The first-order valence-corrected chi connectivity index (χ1v) is 13.0. The number of Topliss-reactive ketones (excluding diaryl/α,β-unsaturated/α-hetero) is 1. The Morgan fingerprint density at radius 1 is 0.914 bits per heavy atom. The molecular formula is C26H31NO7S.